The summed E-state index contributed by atoms with van der Waals surface area (Å²) < 4.78 is 0. The Bertz CT molecular complexity index is 847. The normalized spacial score (nSPS) is 10.5. The molecule has 1 heterocycles. The van der Waals surface area contributed by atoms with E-state index in [1.54, 1.807) is 0 Å². The smallest absolute Gasteiger partial charge is 0.225 e. The minimum Gasteiger partial charge on any atom is -0.366 e. The SMILES string of the molecule is Cc1cc(NCc2ccccc2C)nc(NCc2ccc(Cl)cc2)n1. The van der Waals surface area contributed by atoms with Gasteiger partial charge in [-0.3, -0.25) is 0 Å². The van der Waals surface area contributed by atoms with Crippen molar-refractivity contribution in [2.45, 2.75) is 26.9 Å². The van der Waals surface area contributed by atoms with Gasteiger partial charge in [0.25, 0.3) is 0 Å². The molecule has 0 aliphatic heterocycles. The average Bonchev–Trinajstić information content (AvgIpc) is 2.60. The van der Waals surface area contributed by atoms with Gasteiger partial charge in [0.1, 0.15) is 5.82 Å². The van der Waals surface area contributed by atoms with Crippen molar-refractivity contribution in [2.75, 3.05) is 10.6 Å². The largest absolute Gasteiger partial charge is 0.366 e. The lowest BCUT2D eigenvalue weighted by Crippen LogP contribution is -2.08. The fourth-order valence-electron chi connectivity index (χ4n) is 2.52. The molecule has 0 atom stereocenters. The first-order chi connectivity index (χ1) is 12.1. The molecule has 0 amide bonds. The second-order valence-electron chi connectivity index (χ2n) is 5.98. The van der Waals surface area contributed by atoms with E-state index < -0.39 is 0 Å². The molecule has 128 valence electrons. The van der Waals surface area contributed by atoms with Crippen molar-refractivity contribution in [1.82, 2.24) is 9.97 Å². The number of aryl methyl sites for hydroxylation is 2. The monoisotopic (exact) mass is 352 g/mol. The summed E-state index contributed by atoms with van der Waals surface area (Å²) in [6, 6.07) is 18.0. The second-order valence-corrected chi connectivity index (χ2v) is 6.41. The van der Waals surface area contributed by atoms with Crippen LogP contribution in [0.15, 0.2) is 54.6 Å². The van der Waals surface area contributed by atoms with Crippen LogP contribution in [0.25, 0.3) is 0 Å². The Morgan fingerprint density at radius 3 is 2.40 bits per heavy atom. The Hall–Kier alpha value is -2.59. The van der Waals surface area contributed by atoms with Crippen molar-refractivity contribution >= 4 is 23.4 Å². The van der Waals surface area contributed by atoms with Gasteiger partial charge in [0, 0.05) is 29.9 Å². The van der Waals surface area contributed by atoms with Gasteiger partial charge in [-0.2, -0.15) is 4.98 Å². The van der Waals surface area contributed by atoms with Gasteiger partial charge in [-0.05, 0) is 42.7 Å². The Morgan fingerprint density at radius 2 is 1.64 bits per heavy atom. The van der Waals surface area contributed by atoms with Crippen LogP contribution >= 0.6 is 11.6 Å². The standard InChI is InChI=1S/C20H21ClN4/c1-14-5-3-4-6-17(14)13-22-19-11-15(2)24-20(25-19)23-12-16-7-9-18(21)10-8-16/h3-11H,12-13H2,1-2H3,(H2,22,23,24,25). The highest BCUT2D eigenvalue weighted by Gasteiger charge is 2.04. The van der Waals surface area contributed by atoms with Gasteiger partial charge < -0.3 is 10.6 Å². The lowest BCUT2D eigenvalue weighted by Gasteiger charge is -2.11. The number of benzene rings is 2. The molecule has 0 aliphatic rings. The number of anilines is 2. The van der Waals surface area contributed by atoms with Crippen LogP contribution in [-0.2, 0) is 13.1 Å². The van der Waals surface area contributed by atoms with Gasteiger partial charge in [0.05, 0.1) is 0 Å². The molecule has 5 heteroatoms. The summed E-state index contributed by atoms with van der Waals surface area (Å²) >= 11 is 5.91. The number of halogens is 1. The number of hydrogen-bond acceptors (Lipinski definition) is 4. The van der Waals surface area contributed by atoms with Crippen molar-refractivity contribution in [2.24, 2.45) is 0 Å². The van der Waals surface area contributed by atoms with Crippen LogP contribution in [0.4, 0.5) is 11.8 Å². The summed E-state index contributed by atoms with van der Waals surface area (Å²) in [5, 5.41) is 7.38. The predicted molar refractivity (Wildman–Crippen MR) is 104 cm³/mol. The third-order valence-electron chi connectivity index (χ3n) is 3.94. The maximum Gasteiger partial charge on any atom is 0.225 e. The Morgan fingerprint density at radius 1 is 0.880 bits per heavy atom. The van der Waals surface area contributed by atoms with Gasteiger partial charge >= 0.3 is 0 Å². The maximum atomic E-state index is 5.91. The molecule has 0 spiro atoms. The summed E-state index contributed by atoms with van der Waals surface area (Å²) in [6.07, 6.45) is 0. The topological polar surface area (TPSA) is 49.8 Å². The van der Waals surface area contributed by atoms with Crippen molar-refractivity contribution in [1.29, 1.82) is 0 Å². The molecule has 0 aliphatic carbocycles. The molecule has 3 rings (SSSR count). The highest BCUT2D eigenvalue weighted by molar-refractivity contribution is 6.30. The quantitative estimate of drug-likeness (QED) is 0.657. The molecular formula is C20H21ClN4. The predicted octanol–water partition coefficient (Wildman–Crippen LogP) is 4.97. The highest BCUT2D eigenvalue weighted by Crippen LogP contribution is 2.15. The van der Waals surface area contributed by atoms with Crippen LogP contribution in [0, 0.1) is 13.8 Å². The molecule has 4 nitrogen and oxygen atoms in total. The van der Waals surface area contributed by atoms with Crippen molar-refractivity contribution in [3.8, 4) is 0 Å². The summed E-state index contributed by atoms with van der Waals surface area (Å²) in [6.45, 7) is 5.47. The Labute approximate surface area is 153 Å². The lowest BCUT2D eigenvalue weighted by atomic mass is 10.1. The summed E-state index contributed by atoms with van der Waals surface area (Å²) in [4.78, 5) is 9.00. The minimum atomic E-state index is 0.613. The van der Waals surface area contributed by atoms with E-state index in [2.05, 4.69) is 39.7 Å². The van der Waals surface area contributed by atoms with Gasteiger partial charge in [0.15, 0.2) is 0 Å². The zero-order chi connectivity index (χ0) is 17.6. The number of nitrogens with one attached hydrogen (secondary N) is 2. The Balaban J connectivity index is 1.65. The third-order valence-corrected chi connectivity index (χ3v) is 4.19. The summed E-state index contributed by atoms with van der Waals surface area (Å²) in [5.74, 6) is 1.43. The van der Waals surface area contributed by atoms with E-state index in [1.165, 1.54) is 11.1 Å². The van der Waals surface area contributed by atoms with E-state index in [0.29, 0.717) is 12.5 Å². The van der Waals surface area contributed by atoms with Crippen LogP contribution in [0.3, 0.4) is 0 Å². The first kappa shape index (κ1) is 17.2. The van der Waals surface area contributed by atoms with Crippen molar-refractivity contribution in [3.63, 3.8) is 0 Å². The van der Waals surface area contributed by atoms with E-state index in [1.807, 2.05) is 49.4 Å². The fraction of sp³-hybridized carbons (Fsp3) is 0.200. The molecule has 0 fully saturated rings. The van der Waals surface area contributed by atoms with Crippen molar-refractivity contribution < 1.29 is 0 Å². The second kappa shape index (κ2) is 7.99. The van der Waals surface area contributed by atoms with E-state index in [0.717, 1.165) is 28.6 Å². The molecule has 2 N–H and O–H groups in total. The zero-order valence-electron chi connectivity index (χ0n) is 14.4. The van der Waals surface area contributed by atoms with E-state index >= 15 is 0 Å². The molecule has 0 saturated heterocycles. The van der Waals surface area contributed by atoms with E-state index in [4.69, 9.17) is 11.6 Å². The van der Waals surface area contributed by atoms with Crippen molar-refractivity contribution in [3.05, 3.63) is 82.0 Å². The average molecular weight is 353 g/mol. The Kier molecular flexibility index (Phi) is 5.51. The van der Waals surface area contributed by atoms with E-state index in [9.17, 15) is 0 Å². The van der Waals surface area contributed by atoms with E-state index in [-0.39, 0.29) is 0 Å². The molecule has 0 radical (unpaired) electrons. The molecule has 3 aromatic rings. The number of nitrogens with zero attached hydrogens (tertiary/aromatic N) is 2. The molecular weight excluding hydrogens is 332 g/mol. The minimum absolute atomic E-state index is 0.613. The lowest BCUT2D eigenvalue weighted by molar-refractivity contribution is 1.01. The van der Waals surface area contributed by atoms with Gasteiger partial charge in [-0.1, -0.05) is 48.0 Å². The molecule has 2 aromatic carbocycles. The third kappa shape index (κ3) is 4.94. The molecule has 1 aromatic heterocycles. The zero-order valence-corrected chi connectivity index (χ0v) is 15.1. The van der Waals surface area contributed by atoms with Gasteiger partial charge in [0.2, 0.25) is 5.95 Å². The maximum absolute atomic E-state index is 5.91. The van der Waals surface area contributed by atoms with Crippen LogP contribution < -0.4 is 10.6 Å². The number of rotatable bonds is 6. The van der Waals surface area contributed by atoms with Crippen LogP contribution in [0.1, 0.15) is 22.4 Å². The summed E-state index contributed by atoms with van der Waals surface area (Å²) in [5.41, 5.74) is 4.57. The van der Waals surface area contributed by atoms with Crippen LogP contribution in [0.2, 0.25) is 5.02 Å². The van der Waals surface area contributed by atoms with Crippen LogP contribution in [-0.4, -0.2) is 9.97 Å². The number of aromatic nitrogens is 2. The molecule has 0 unspecified atom stereocenters. The molecule has 25 heavy (non-hydrogen) atoms. The fourth-order valence-corrected chi connectivity index (χ4v) is 2.64. The van der Waals surface area contributed by atoms with Gasteiger partial charge in [-0.15, -0.1) is 0 Å². The first-order valence-electron chi connectivity index (χ1n) is 8.22. The first-order valence-corrected chi connectivity index (χ1v) is 8.60. The molecule has 0 bridgehead atoms. The van der Waals surface area contributed by atoms with Gasteiger partial charge in [-0.25, -0.2) is 4.98 Å². The van der Waals surface area contributed by atoms with Crippen LogP contribution in [0.5, 0.6) is 0 Å². The number of hydrogen-bond donors (Lipinski definition) is 2. The molecule has 0 saturated carbocycles. The highest BCUT2D eigenvalue weighted by atomic mass is 35.5. The summed E-state index contributed by atoms with van der Waals surface area (Å²) in [7, 11) is 0.